The van der Waals surface area contributed by atoms with Crippen LogP contribution in [0.1, 0.15) is 13.3 Å². The van der Waals surface area contributed by atoms with Crippen molar-refractivity contribution >= 4 is 15.8 Å². The van der Waals surface area contributed by atoms with Crippen LogP contribution in [0.2, 0.25) is 0 Å². The molecule has 13 heavy (non-hydrogen) atoms. The number of carboxylic acid groups (broad SMARTS) is 1. The second kappa shape index (κ2) is 5.18. The molecule has 78 valence electrons. The summed E-state index contributed by atoms with van der Waals surface area (Å²) in [6.07, 6.45) is 0.587. The van der Waals surface area contributed by atoms with Gasteiger partial charge in [-0.2, -0.15) is 0 Å². The van der Waals surface area contributed by atoms with Crippen molar-refractivity contribution in [3.05, 3.63) is 0 Å². The predicted molar refractivity (Wildman–Crippen MR) is 47.4 cm³/mol. The van der Waals surface area contributed by atoms with Crippen molar-refractivity contribution in [2.75, 3.05) is 18.6 Å². The first-order chi connectivity index (χ1) is 5.83. The van der Waals surface area contributed by atoms with Crippen molar-refractivity contribution in [1.29, 1.82) is 0 Å². The molecule has 0 heterocycles. The molecule has 1 N–H and O–H groups in total. The number of sulfone groups is 1. The van der Waals surface area contributed by atoms with Crippen molar-refractivity contribution in [2.24, 2.45) is 0 Å². The molecule has 0 saturated carbocycles. The highest BCUT2D eigenvalue weighted by atomic mass is 32.2. The highest BCUT2D eigenvalue weighted by Gasteiger charge is 2.10. The number of carboxylic acids is 1. The maximum absolute atomic E-state index is 10.6. The van der Waals surface area contributed by atoms with Crippen LogP contribution < -0.4 is 0 Å². The van der Waals surface area contributed by atoms with Crippen LogP contribution in [0.3, 0.4) is 0 Å². The molecule has 0 bridgehead atoms. The fraction of sp³-hybridized carbons (Fsp3) is 0.857. The average molecular weight is 210 g/mol. The first kappa shape index (κ1) is 12.4. The number of carbonyl (C=O) groups is 1. The van der Waals surface area contributed by atoms with E-state index in [2.05, 4.69) is 0 Å². The summed E-state index contributed by atoms with van der Waals surface area (Å²) in [4.78, 5) is 10.2. The number of ether oxygens (including phenoxy) is 1. The van der Waals surface area contributed by atoms with Gasteiger partial charge in [0.25, 0.3) is 0 Å². The Labute approximate surface area is 77.6 Å². The van der Waals surface area contributed by atoms with Crippen molar-refractivity contribution in [2.45, 2.75) is 19.4 Å². The van der Waals surface area contributed by atoms with Crippen molar-refractivity contribution in [3.8, 4) is 0 Å². The molecule has 6 heteroatoms. The maximum Gasteiger partial charge on any atom is 0.332 e. The highest BCUT2D eigenvalue weighted by Crippen LogP contribution is 1.94. The van der Waals surface area contributed by atoms with E-state index in [-0.39, 0.29) is 12.4 Å². The minimum Gasteiger partial charge on any atom is -0.479 e. The van der Waals surface area contributed by atoms with E-state index in [0.29, 0.717) is 6.42 Å². The van der Waals surface area contributed by atoms with E-state index >= 15 is 0 Å². The van der Waals surface area contributed by atoms with Gasteiger partial charge in [-0.25, -0.2) is 13.2 Å². The molecule has 0 spiro atoms. The molecule has 0 aliphatic carbocycles. The van der Waals surface area contributed by atoms with Crippen LogP contribution in [0.15, 0.2) is 0 Å². The molecule has 0 aliphatic heterocycles. The summed E-state index contributed by atoms with van der Waals surface area (Å²) in [5, 5.41) is 8.40. The molecule has 0 aromatic carbocycles. The Balaban J connectivity index is 3.53. The van der Waals surface area contributed by atoms with E-state index in [1.165, 1.54) is 6.92 Å². The standard InChI is InChI=1S/C7H14O5S/c1-6(7(8)9)12-4-3-5-13(2,10)11/h6H,3-5H2,1-2H3,(H,8,9)/t6-/m1/s1. The minimum atomic E-state index is -2.97. The van der Waals surface area contributed by atoms with Crippen LogP contribution >= 0.6 is 0 Å². The van der Waals surface area contributed by atoms with E-state index in [1.807, 2.05) is 0 Å². The zero-order valence-corrected chi connectivity index (χ0v) is 8.50. The average Bonchev–Trinajstić information content (AvgIpc) is 1.95. The molecule has 0 fully saturated rings. The van der Waals surface area contributed by atoms with Gasteiger partial charge in [0.1, 0.15) is 9.84 Å². The van der Waals surface area contributed by atoms with Gasteiger partial charge in [-0.05, 0) is 13.3 Å². The Morgan fingerprint density at radius 1 is 1.54 bits per heavy atom. The van der Waals surface area contributed by atoms with E-state index in [1.54, 1.807) is 0 Å². The van der Waals surface area contributed by atoms with Crippen LogP contribution in [0.25, 0.3) is 0 Å². The molecule has 0 aliphatic rings. The molecule has 0 amide bonds. The molecule has 0 aromatic heterocycles. The second-order valence-corrected chi connectivity index (χ2v) is 5.09. The summed E-state index contributed by atoms with van der Waals surface area (Å²) in [6.45, 7) is 1.56. The molecule has 0 rings (SSSR count). The summed E-state index contributed by atoms with van der Waals surface area (Å²) >= 11 is 0. The molecule has 0 unspecified atom stereocenters. The third kappa shape index (κ3) is 7.73. The van der Waals surface area contributed by atoms with Crippen LogP contribution in [0.5, 0.6) is 0 Å². The Morgan fingerprint density at radius 2 is 2.08 bits per heavy atom. The molecule has 5 nitrogen and oxygen atoms in total. The fourth-order valence-corrected chi connectivity index (χ4v) is 1.29. The SMILES string of the molecule is C[C@@H](OCCCS(C)(=O)=O)C(=O)O. The number of aliphatic carboxylic acids is 1. The number of rotatable bonds is 6. The molecule has 0 saturated heterocycles. The molecule has 1 atom stereocenters. The summed E-state index contributed by atoms with van der Waals surface area (Å²) in [7, 11) is -2.97. The highest BCUT2D eigenvalue weighted by molar-refractivity contribution is 7.90. The van der Waals surface area contributed by atoms with Crippen molar-refractivity contribution in [1.82, 2.24) is 0 Å². The number of hydrogen-bond donors (Lipinski definition) is 1. The van der Waals surface area contributed by atoms with Gasteiger partial charge in [-0.3, -0.25) is 0 Å². The molecular formula is C7H14O5S. The normalized spacial score (nSPS) is 14.0. The van der Waals surface area contributed by atoms with Gasteiger partial charge >= 0.3 is 5.97 Å². The van der Waals surface area contributed by atoms with Crippen LogP contribution in [0.4, 0.5) is 0 Å². The van der Waals surface area contributed by atoms with Crippen LogP contribution in [-0.4, -0.2) is 44.2 Å². The van der Waals surface area contributed by atoms with E-state index in [0.717, 1.165) is 6.26 Å². The lowest BCUT2D eigenvalue weighted by atomic mass is 10.4. The van der Waals surface area contributed by atoms with E-state index in [4.69, 9.17) is 9.84 Å². The van der Waals surface area contributed by atoms with Gasteiger partial charge in [0.2, 0.25) is 0 Å². The van der Waals surface area contributed by atoms with E-state index in [9.17, 15) is 13.2 Å². The van der Waals surface area contributed by atoms with Crippen molar-refractivity contribution in [3.63, 3.8) is 0 Å². The van der Waals surface area contributed by atoms with Gasteiger partial charge in [0.15, 0.2) is 6.10 Å². The topological polar surface area (TPSA) is 80.7 Å². The largest absolute Gasteiger partial charge is 0.479 e. The summed E-state index contributed by atoms with van der Waals surface area (Å²) in [5.41, 5.74) is 0. The summed E-state index contributed by atoms with van der Waals surface area (Å²) < 4.78 is 26.1. The van der Waals surface area contributed by atoms with Gasteiger partial charge in [-0.1, -0.05) is 0 Å². The smallest absolute Gasteiger partial charge is 0.332 e. The molecule has 0 aromatic rings. The first-order valence-corrected chi connectivity index (χ1v) is 5.91. The maximum atomic E-state index is 10.6. The lowest BCUT2D eigenvalue weighted by Gasteiger charge is -2.07. The second-order valence-electron chi connectivity index (χ2n) is 2.83. The third-order valence-corrected chi connectivity index (χ3v) is 2.41. The molecular weight excluding hydrogens is 196 g/mol. The lowest BCUT2D eigenvalue weighted by Crippen LogP contribution is -2.21. The summed E-state index contributed by atoms with van der Waals surface area (Å²) in [5.74, 6) is -1.02. The lowest BCUT2D eigenvalue weighted by molar-refractivity contribution is -0.149. The quantitative estimate of drug-likeness (QED) is 0.620. The number of hydrogen-bond acceptors (Lipinski definition) is 4. The first-order valence-electron chi connectivity index (χ1n) is 3.85. The van der Waals surface area contributed by atoms with Gasteiger partial charge in [0.05, 0.1) is 5.75 Å². The van der Waals surface area contributed by atoms with Crippen LogP contribution in [0, 0.1) is 0 Å². The Kier molecular flexibility index (Phi) is 4.94. The van der Waals surface area contributed by atoms with Crippen molar-refractivity contribution < 1.29 is 23.1 Å². The monoisotopic (exact) mass is 210 g/mol. The van der Waals surface area contributed by atoms with E-state index < -0.39 is 21.9 Å². The van der Waals surface area contributed by atoms with Crippen LogP contribution in [-0.2, 0) is 19.4 Å². The Hall–Kier alpha value is -0.620. The Bertz CT molecular complexity index is 256. The summed E-state index contributed by atoms with van der Waals surface area (Å²) in [6, 6.07) is 0. The Morgan fingerprint density at radius 3 is 2.46 bits per heavy atom. The van der Waals surface area contributed by atoms with Gasteiger partial charge < -0.3 is 9.84 Å². The van der Waals surface area contributed by atoms with Gasteiger partial charge in [0, 0.05) is 12.9 Å². The zero-order valence-electron chi connectivity index (χ0n) is 7.69. The zero-order chi connectivity index (χ0) is 10.5. The fourth-order valence-electron chi connectivity index (χ4n) is 0.653. The molecule has 0 radical (unpaired) electrons. The predicted octanol–water partition coefficient (Wildman–Crippen LogP) is -0.0892. The minimum absolute atomic E-state index is 0.0271. The van der Waals surface area contributed by atoms with Gasteiger partial charge in [-0.15, -0.1) is 0 Å². The third-order valence-electron chi connectivity index (χ3n) is 1.38.